The molecule has 0 unspecified atom stereocenters. The van der Waals surface area contributed by atoms with Crippen molar-refractivity contribution in [3.63, 3.8) is 0 Å². The lowest BCUT2D eigenvalue weighted by Gasteiger charge is -2.08. The molecule has 132 valence electrons. The number of hydrogen-bond donors (Lipinski definition) is 1. The summed E-state index contributed by atoms with van der Waals surface area (Å²) in [5, 5.41) is 4.53. The van der Waals surface area contributed by atoms with Gasteiger partial charge in [0, 0.05) is 12.0 Å². The third-order valence-corrected chi connectivity index (χ3v) is 3.91. The molecule has 1 aromatic heterocycles. The number of nitrogens with two attached hydrogens (primary N) is 1. The Balaban J connectivity index is 2.26. The second-order valence-corrected chi connectivity index (χ2v) is 5.83. The van der Waals surface area contributed by atoms with Crippen LogP contribution in [0.2, 0.25) is 0 Å². The number of primary amides is 1. The molecule has 3 rings (SSSR count). The van der Waals surface area contributed by atoms with E-state index in [9.17, 15) is 9.59 Å². The van der Waals surface area contributed by atoms with Crippen molar-refractivity contribution in [3.05, 3.63) is 65.7 Å². The van der Waals surface area contributed by atoms with Crippen LogP contribution in [0.25, 0.3) is 16.9 Å². The Morgan fingerprint density at radius 2 is 1.73 bits per heavy atom. The van der Waals surface area contributed by atoms with E-state index in [0.29, 0.717) is 16.9 Å². The topological polar surface area (TPSA) is 87.2 Å². The standard InChI is InChI=1S/C20H19N3O3/c1-3-16(24)26-20-17(19(21)25)18(14-7-5-4-6-8-14)22-23(20)15-11-9-13(2)10-12-15/h4-12H,3H2,1-2H3,(H2,21,25). The maximum absolute atomic E-state index is 12.2. The molecule has 6 nitrogen and oxygen atoms in total. The largest absolute Gasteiger partial charge is 0.406 e. The molecule has 26 heavy (non-hydrogen) atoms. The van der Waals surface area contributed by atoms with Gasteiger partial charge in [-0.15, -0.1) is 0 Å². The third kappa shape index (κ3) is 3.35. The van der Waals surface area contributed by atoms with Crippen LogP contribution in [0.1, 0.15) is 29.3 Å². The Hall–Kier alpha value is -3.41. The van der Waals surface area contributed by atoms with Crippen molar-refractivity contribution in [1.29, 1.82) is 0 Å². The van der Waals surface area contributed by atoms with Crippen LogP contribution in [0.4, 0.5) is 0 Å². The zero-order valence-electron chi connectivity index (χ0n) is 14.6. The minimum atomic E-state index is -0.707. The zero-order chi connectivity index (χ0) is 18.7. The van der Waals surface area contributed by atoms with Gasteiger partial charge in [0.25, 0.3) is 5.91 Å². The quantitative estimate of drug-likeness (QED) is 0.716. The van der Waals surface area contributed by atoms with Crippen molar-refractivity contribution in [2.45, 2.75) is 20.3 Å². The second kappa shape index (κ2) is 7.23. The predicted molar refractivity (Wildman–Crippen MR) is 98.2 cm³/mol. The molecule has 1 heterocycles. The van der Waals surface area contributed by atoms with Crippen LogP contribution in [0.15, 0.2) is 54.6 Å². The molecule has 0 aliphatic carbocycles. The Labute approximate surface area is 151 Å². The SMILES string of the molecule is CCC(=O)Oc1c(C(N)=O)c(-c2ccccc2)nn1-c1ccc(C)cc1. The Kier molecular flexibility index (Phi) is 4.84. The first-order chi connectivity index (χ1) is 12.5. The maximum atomic E-state index is 12.2. The van der Waals surface area contributed by atoms with E-state index in [4.69, 9.17) is 10.5 Å². The minimum absolute atomic E-state index is 0.0343. The molecule has 1 amide bonds. The van der Waals surface area contributed by atoms with Crippen molar-refractivity contribution < 1.29 is 14.3 Å². The van der Waals surface area contributed by atoms with Crippen LogP contribution in [-0.4, -0.2) is 21.7 Å². The number of carbonyl (C=O) groups is 2. The molecular weight excluding hydrogens is 330 g/mol. The second-order valence-electron chi connectivity index (χ2n) is 5.83. The lowest BCUT2D eigenvalue weighted by atomic mass is 10.1. The van der Waals surface area contributed by atoms with Gasteiger partial charge in [0.05, 0.1) is 5.69 Å². The van der Waals surface area contributed by atoms with E-state index in [2.05, 4.69) is 5.10 Å². The summed E-state index contributed by atoms with van der Waals surface area (Å²) >= 11 is 0. The Morgan fingerprint density at radius 3 is 2.31 bits per heavy atom. The number of amides is 1. The first-order valence-electron chi connectivity index (χ1n) is 8.27. The molecular formula is C20H19N3O3. The average molecular weight is 349 g/mol. The van der Waals surface area contributed by atoms with Gasteiger partial charge in [-0.1, -0.05) is 55.0 Å². The molecule has 0 saturated carbocycles. The zero-order valence-corrected chi connectivity index (χ0v) is 14.6. The highest BCUT2D eigenvalue weighted by atomic mass is 16.5. The highest BCUT2D eigenvalue weighted by molar-refractivity contribution is 6.02. The van der Waals surface area contributed by atoms with Crippen LogP contribution in [0.3, 0.4) is 0 Å². The van der Waals surface area contributed by atoms with Crippen LogP contribution in [0.5, 0.6) is 5.88 Å². The monoisotopic (exact) mass is 349 g/mol. The molecule has 0 spiro atoms. The van der Waals surface area contributed by atoms with E-state index < -0.39 is 11.9 Å². The summed E-state index contributed by atoms with van der Waals surface area (Å²) in [6.07, 6.45) is 0.165. The fraction of sp³-hybridized carbons (Fsp3) is 0.150. The molecule has 0 radical (unpaired) electrons. The number of rotatable bonds is 5. The fourth-order valence-corrected chi connectivity index (χ4v) is 2.56. The van der Waals surface area contributed by atoms with E-state index in [1.54, 1.807) is 6.92 Å². The summed E-state index contributed by atoms with van der Waals surface area (Å²) in [6, 6.07) is 16.7. The van der Waals surface area contributed by atoms with Crippen molar-refractivity contribution in [2.24, 2.45) is 5.73 Å². The molecule has 0 bridgehead atoms. The van der Waals surface area contributed by atoms with Crippen LogP contribution in [0, 0.1) is 6.92 Å². The van der Waals surface area contributed by atoms with Gasteiger partial charge in [0.2, 0.25) is 5.88 Å². The van der Waals surface area contributed by atoms with Gasteiger partial charge >= 0.3 is 5.97 Å². The number of esters is 1. The van der Waals surface area contributed by atoms with Crippen molar-refractivity contribution in [2.75, 3.05) is 0 Å². The van der Waals surface area contributed by atoms with Crippen LogP contribution >= 0.6 is 0 Å². The van der Waals surface area contributed by atoms with Crippen LogP contribution in [-0.2, 0) is 4.79 Å². The summed E-state index contributed by atoms with van der Waals surface area (Å²) in [4.78, 5) is 24.1. The molecule has 0 fully saturated rings. The van der Waals surface area contributed by atoms with E-state index in [1.807, 2.05) is 61.5 Å². The highest BCUT2D eigenvalue weighted by Crippen LogP contribution is 2.32. The maximum Gasteiger partial charge on any atom is 0.312 e. The minimum Gasteiger partial charge on any atom is -0.406 e. The molecule has 6 heteroatoms. The van der Waals surface area contributed by atoms with E-state index in [-0.39, 0.29) is 17.9 Å². The summed E-state index contributed by atoms with van der Waals surface area (Å²) in [5.41, 5.74) is 8.51. The molecule has 0 aliphatic heterocycles. The summed E-state index contributed by atoms with van der Waals surface area (Å²) in [5.74, 6) is -1.14. The normalized spacial score (nSPS) is 10.5. The van der Waals surface area contributed by atoms with Crippen LogP contribution < -0.4 is 10.5 Å². The number of aromatic nitrogens is 2. The predicted octanol–water partition coefficient (Wildman–Crippen LogP) is 3.26. The number of ether oxygens (including phenoxy) is 1. The molecule has 0 aliphatic rings. The number of carbonyl (C=O) groups excluding carboxylic acids is 2. The average Bonchev–Trinajstić information content (AvgIpc) is 3.02. The number of benzene rings is 2. The number of hydrogen-bond acceptors (Lipinski definition) is 4. The molecule has 0 saturated heterocycles. The Morgan fingerprint density at radius 1 is 1.08 bits per heavy atom. The summed E-state index contributed by atoms with van der Waals surface area (Å²) in [6.45, 7) is 3.64. The lowest BCUT2D eigenvalue weighted by molar-refractivity contribution is -0.134. The number of nitrogens with zero attached hydrogens (tertiary/aromatic N) is 2. The Bertz CT molecular complexity index is 944. The molecule has 0 atom stereocenters. The molecule has 2 aromatic carbocycles. The summed E-state index contributed by atoms with van der Waals surface area (Å²) in [7, 11) is 0. The van der Waals surface area contributed by atoms with Gasteiger partial charge in [-0.2, -0.15) is 9.78 Å². The van der Waals surface area contributed by atoms with Crippen molar-refractivity contribution in [3.8, 4) is 22.8 Å². The number of aryl methyl sites for hydroxylation is 1. The summed E-state index contributed by atoms with van der Waals surface area (Å²) < 4.78 is 6.87. The van der Waals surface area contributed by atoms with Crippen molar-refractivity contribution >= 4 is 11.9 Å². The van der Waals surface area contributed by atoms with Crippen molar-refractivity contribution in [1.82, 2.24) is 9.78 Å². The third-order valence-electron chi connectivity index (χ3n) is 3.91. The van der Waals surface area contributed by atoms with Gasteiger partial charge in [0.15, 0.2) is 0 Å². The highest BCUT2D eigenvalue weighted by Gasteiger charge is 2.27. The lowest BCUT2D eigenvalue weighted by Crippen LogP contribution is -2.16. The van der Waals surface area contributed by atoms with Gasteiger partial charge < -0.3 is 10.5 Å². The fourth-order valence-electron chi connectivity index (χ4n) is 2.56. The van der Waals surface area contributed by atoms with Gasteiger partial charge in [-0.05, 0) is 19.1 Å². The van der Waals surface area contributed by atoms with E-state index >= 15 is 0 Å². The molecule has 3 aromatic rings. The van der Waals surface area contributed by atoms with E-state index in [1.165, 1.54) is 4.68 Å². The van der Waals surface area contributed by atoms with Gasteiger partial charge in [-0.25, -0.2) is 0 Å². The first-order valence-corrected chi connectivity index (χ1v) is 8.27. The van der Waals surface area contributed by atoms with E-state index in [0.717, 1.165) is 5.56 Å². The van der Waals surface area contributed by atoms with Gasteiger partial charge in [0.1, 0.15) is 11.3 Å². The first kappa shape index (κ1) is 17.4. The molecule has 2 N–H and O–H groups in total. The smallest absolute Gasteiger partial charge is 0.312 e. The van der Waals surface area contributed by atoms with Gasteiger partial charge in [-0.3, -0.25) is 9.59 Å².